The van der Waals surface area contributed by atoms with Crippen LogP contribution in [-0.4, -0.2) is 32.7 Å². The van der Waals surface area contributed by atoms with E-state index in [2.05, 4.69) is 5.32 Å². The Bertz CT molecular complexity index is 944. The first-order chi connectivity index (χ1) is 11.9. The van der Waals surface area contributed by atoms with Gasteiger partial charge in [0.05, 0.1) is 21.0 Å². The molecule has 2 aromatic carbocycles. The van der Waals surface area contributed by atoms with Crippen LogP contribution in [-0.2, 0) is 16.2 Å². The van der Waals surface area contributed by atoms with Crippen molar-refractivity contribution in [1.29, 1.82) is 0 Å². The van der Waals surface area contributed by atoms with Crippen molar-refractivity contribution in [1.82, 2.24) is 4.31 Å². The molecule has 1 amide bonds. The first-order valence-corrected chi connectivity index (χ1v) is 8.95. The highest BCUT2D eigenvalue weighted by Crippen LogP contribution is 2.31. The van der Waals surface area contributed by atoms with E-state index < -0.39 is 27.7 Å². The van der Waals surface area contributed by atoms with Crippen LogP contribution in [0.15, 0.2) is 47.4 Å². The number of rotatable bonds is 4. The van der Waals surface area contributed by atoms with Crippen molar-refractivity contribution in [2.75, 3.05) is 19.4 Å². The molecular formula is C16H14ClF3N2O3S. The molecular weight excluding hydrogens is 393 g/mol. The van der Waals surface area contributed by atoms with Gasteiger partial charge in [-0.3, -0.25) is 4.79 Å². The van der Waals surface area contributed by atoms with Crippen LogP contribution < -0.4 is 5.32 Å². The Hall–Kier alpha value is -2.10. The highest BCUT2D eigenvalue weighted by atomic mass is 35.5. The Morgan fingerprint density at radius 1 is 1.12 bits per heavy atom. The second-order valence-corrected chi connectivity index (χ2v) is 8.02. The third-order valence-corrected chi connectivity index (χ3v) is 5.55. The van der Waals surface area contributed by atoms with Crippen molar-refractivity contribution in [3.63, 3.8) is 0 Å². The zero-order valence-electron chi connectivity index (χ0n) is 13.6. The van der Waals surface area contributed by atoms with Gasteiger partial charge >= 0.3 is 6.18 Å². The van der Waals surface area contributed by atoms with Gasteiger partial charge in [0.2, 0.25) is 10.0 Å². The first-order valence-electron chi connectivity index (χ1n) is 7.13. The number of carbonyl (C=O) groups is 1. The average molecular weight is 407 g/mol. The smallest absolute Gasteiger partial charge is 0.322 e. The lowest BCUT2D eigenvalue weighted by atomic mass is 10.1. The van der Waals surface area contributed by atoms with Gasteiger partial charge in [0.1, 0.15) is 0 Å². The molecule has 2 rings (SSSR count). The summed E-state index contributed by atoms with van der Waals surface area (Å²) in [6.07, 6.45) is -4.56. The highest BCUT2D eigenvalue weighted by molar-refractivity contribution is 7.89. The minimum absolute atomic E-state index is 0.0350. The first kappa shape index (κ1) is 20.2. The SMILES string of the molecule is CN(C)S(=O)(=O)c1ccc(Cl)c(C(=O)Nc2cccc(C(F)(F)F)c2)c1. The zero-order chi connectivity index (χ0) is 19.7. The molecule has 0 heterocycles. The third kappa shape index (κ3) is 4.35. The van der Waals surface area contributed by atoms with Gasteiger partial charge in [-0.1, -0.05) is 17.7 Å². The Morgan fingerprint density at radius 2 is 1.77 bits per heavy atom. The molecule has 5 nitrogen and oxygen atoms in total. The maximum Gasteiger partial charge on any atom is 0.416 e. The summed E-state index contributed by atoms with van der Waals surface area (Å²) in [5.41, 5.74) is -1.20. The molecule has 0 spiro atoms. The molecule has 0 aliphatic heterocycles. The second kappa shape index (κ2) is 7.26. The number of benzene rings is 2. The van der Waals surface area contributed by atoms with Crippen molar-refractivity contribution in [2.45, 2.75) is 11.1 Å². The standard InChI is InChI=1S/C16H14ClF3N2O3S/c1-22(2)26(24,25)12-6-7-14(17)13(9-12)15(23)21-11-5-3-4-10(8-11)16(18,19)20/h3-9H,1-2H3,(H,21,23). The molecule has 0 radical (unpaired) electrons. The van der Waals surface area contributed by atoms with E-state index in [1.807, 2.05) is 0 Å². The molecule has 10 heteroatoms. The monoisotopic (exact) mass is 406 g/mol. The van der Waals surface area contributed by atoms with Crippen molar-refractivity contribution >= 4 is 33.2 Å². The van der Waals surface area contributed by atoms with Crippen LogP contribution in [0.1, 0.15) is 15.9 Å². The van der Waals surface area contributed by atoms with Crippen LogP contribution in [0, 0.1) is 0 Å². The zero-order valence-corrected chi connectivity index (χ0v) is 15.2. The molecule has 0 aliphatic carbocycles. The van der Waals surface area contributed by atoms with Crippen LogP contribution in [0.5, 0.6) is 0 Å². The lowest BCUT2D eigenvalue weighted by Crippen LogP contribution is -2.23. The fourth-order valence-corrected chi connectivity index (χ4v) is 3.15. The molecule has 140 valence electrons. The number of anilines is 1. The van der Waals surface area contributed by atoms with Gasteiger partial charge in [-0.15, -0.1) is 0 Å². The van der Waals surface area contributed by atoms with Crippen LogP contribution >= 0.6 is 11.6 Å². The average Bonchev–Trinajstić information content (AvgIpc) is 2.54. The minimum atomic E-state index is -4.56. The normalized spacial score (nSPS) is 12.3. The fourth-order valence-electron chi connectivity index (χ4n) is 2.02. The van der Waals surface area contributed by atoms with Crippen LogP contribution in [0.3, 0.4) is 0 Å². The van der Waals surface area contributed by atoms with Crippen molar-refractivity contribution in [3.8, 4) is 0 Å². The number of sulfonamides is 1. The predicted molar refractivity (Wildman–Crippen MR) is 91.7 cm³/mol. The Morgan fingerprint density at radius 3 is 2.35 bits per heavy atom. The predicted octanol–water partition coefficient (Wildman–Crippen LogP) is 3.86. The molecule has 0 unspecified atom stereocenters. The summed E-state index contributed by atoms with van der Waals surface area (Å²) in [7, 11) is -1.15. The molecule has 0 saturated heterocycles. The summed E-state index contributed by atoms with van der Waals surface area (Å²) in [4.78, 5) is 12.2. The minimum Gasteiger partial charge on any atom is -0.322 e. The van der Waals surface area contributed by atoms with Crippen molar-refractivity contribution in [3.05, 3.63) is 58.6 Å². The van der Waals surface area contributed by atoms with E-state index in [9.17, 15) is 26.4 Å². The Labute approximate surface area is 153 Å². The van der Waals surface area contributed by atoms with E-state index in [1.165, 1.54) is 32.3 Å². The summed E-state index contributed by atoms with van der Waals surface area (Å²) in [5.74, 6) is -0.829. The van der Waals surface area contributed by atoms with Gasteiger partial charge in [0.25, 0.3) is 5.91 Å². The second-order valence-electron chi connectivity index (χ2n) is 5.46. The van der Waals surface area contributed by atoms with Gasteiger partial charge in [0, 0.05) is 19.8 Å². The largest absolute Gasteiger partial charge is 0.416 e. The van der Waals surface area contributed by atoms with Gasteiger partial charge in [-0.05, 0) is 36.4 Å². The summed E-state index contributed by atoms with van der Waals surface area (Å²) < 4.78 is 63.5. The molecule has 2 aromatic rings. The summed E-state index contributed by atoms with van der Waals surface area (Å²) in [6, 6.07) is 7.60. The van der Waals surface area contributed by atoms with Gasteiger partial charge < -0.3 is 5.32 Å². The number of hydrogen-bond acceptors (Lipinski definition) is 3. The maximum absolute atomic E-state index is 12.7. The van der Waals surface area contributed by atoms with E-state index in [0.29, 0.717) is 0 Å². The van der Waals surface area contributed by atoms with E-state index in [-0.39, 0.29) is 21.2 Å². The van der Waals surface area contributed by atoms with Crippen LogP contribution in [0.4, 0.5) is 18.9 Å². The topological polar surface area (TPSA) is 66.5 Å². The molecule has 1 N–H and O–H groups in total. The van der Waals surface area contributed by atoms with Crippen LogP contribution in [0.25, 0.3) is 0 Å². The lowest BCUT2D eigenvalue weighted by molar-refractivity contribution is -0.137. The van der Waals surface area contributed by atoms with Gasteiger partial charge in [-0.2, -0.15) is 13.2 Å². The van der Waals surface area contributed by atoms with E-state index in [0.717, 1.165) is 28.6 Å². The maximum atomic E-state index is 12.7. The van der Waals surface area contributed by atoms with Crippen molar-refractivity contribution in [2.24, 2.45) is 0 Å². The molecule has 0 bridgehead atoms. The van der Waals surface area contributed by atoms with Crippen molar-refractivity contribution < 1.29 is 26.4 Å². The Kier molecular flexibility index (Phi) is 5.64. The number of hydrogen-bond donors (Lipinski definition) is 1. The number of amides is 1. The Balaban J connectivity index is 2.36. The number of halogens is 4. The molecule has 0 aromatic heterocycles. The van der Waals surface area contributed by atoms with Gasteiger partial charge in [-0.25, -0.2) is 12.7 Å². The quantitative estimate of drug-likeness (QED) is 0.838. The van der Waals surface area contributed by atoms with E-state index in [1.54, 1.807) is 0 Å². The molecule has 0 saturated carbocycles. The highest BCUT2D eigenvalue weighted by Gasteiger charge is 2.30. The summed E-state index contributed by atoms with van der Waals surface area (Å²) in [6.45, 7) is 0. The number of nitrogens with one attached hydrogen (secondary N) is 1. The number of nitrogens with zero attached hydrogens (tertiary/aromatic N) is 1. The van der Waals surface area contributed by atoms with E-state index in [4.69, 9.17) is 11.6 Å². The fraction of sp³-hybridized carbons (Fsp3) is 0.188. The number of carbonyl (C=O) groups excluding carboxylic acids is 1. The molecule has 0 fully saturated rings. The summed E-state index contributed by atoms with van der Waals surface area (Å²) in [5, 5.41) is 2.25. The molecule has 0 aliphatic rings. The summed E-state index contributed by atoms with van der Waals surface area (Å²) >= 11 is 5.94. The molecule has 0 atom stereocenters. The van der Waals surface area contributed by atoms with Gasteiger partial charge in [0.15, 0.2) is 0 Å². The van der Waals surface area contributed by atoms with Crippen LogP contribution in [0.2, 0.25) is 5.02 Å². The number of alkyl halides is 3. The molecule has 26 heavy (non-hydrogen) atoms. The van der Waals surface area contributed by atoms with E-state index >= 15 is 0 Å². The lowest BCUT2D eigenvalue weighted by Gasteiger charge is -2.14. The third-order valence-electron chi connectivity index (χ3n) is 3.41.